The van der Waals surface area contributed by atoms with Gasteiger partial charge in [-0.1, -0.05) is 0 Å². The molecule has 9 heteroatoms. The summed E-state index contributed by atoms with van der Waals surface area (Å²) in [5, 5.41) is 19.2. The van der Waals surface area contributed by atoms with Crippen LogP contribution in [-0.2, 0) is 10.0 Å². The topological polar surface area (TPSA) is 125 Å². The fraction of sp³-hybridized carbons (Fsp3) is 0.500. The number of nitrogens with two attached hydrogens (primary N) is 1. The molecule has 8 nitrogen and oxygen atoms in total. The number of nitro groups is 1. The van der Waals surface area contributed by atoms with E-state index in [2.05, 4.69) is 5.32 Å². The minimum absolute atomic E-state index is 0.0537. The van der Waals surface area contributed by atoms with Crippen LogP contribution in [0.15, 0.2) is 23.1 Å². The van der Waals surface area contributed by atoms with Gasteiger partial charge < -0.3 is 10.1 Å². The van der Waals surface area contributed by atoms with Crippen LogP contribution in [0.3, 0.4) is 0 Å². The molecule has 1 atom stereocenters. The molecule has 0 aromatic heterocycles. The van der Waals surface area contributed by atoms with Gasteiger partial charge in [0.1, 0.15) is 0 Å². The lowest BCUT2D eigenvalue weighted by atomic mass is 10.0. The third kappa shape index (κ3) is 4.13. The lowest BCUT2D eigenvalue weighted by Gasteiger charge is -2.22. The van der Waals surface area contributed by atoms with Crippen molar-refractivity contribution >= 4 is 15.7 Å². The van der Waals surface area contributed by atoms with Crippen molar-refractivity contribution in [3.8, 4) is 5.75 Å². The fourth-order valence-electron chi connectivity index (χ4n) is 2.21. The monoisotopic (exact) mass is 315 g/mol. The van der Waals surface area contributed by atoms with Gasteiger partial charge in [0.15, 0.2) is 5.75 Å². The molecule has 1 heterocycles. The van der Waals surface area contributed by atoms with E-state index in [4.69, 9.17) is 9.88 Å². The molecule has 0 aliphatic carbocycles. The number of hydrogen-bond acceptors (Lipinski definition) is 6. The van der Waals surface area contributed by atoms with Crippen molar-refractivity contribution in [1.29, 1.82) is 0 Å². The highest BCUT2D eigenvalue weighted by atomic mass is 32.2. The SMILES string of the molecule is NS(=O)(=O)c1ccc(OCC2CCCNC2)c([N+](=O)[O-])c1. The van der Waals surface area contributed by atoms with Crippen LogP contribution in [0.2, 0.25) is 0 Å². The predicted molar refractivity (Wildman–Crippen MR) is 75.6 cm³/mol. The molecule has 1 fully saturated rings. The maximum absolute atomic E-state index is 11.2. The largest absolute Gasteiger partial charge is 0.486 e. The second-order valence-electron chi connectivity index (χ2n) is 4.96. The minimum atomic E-state index is -3.98. The molecule has 0 radical (unpaired) electrons. The zero-order valence-electron chi connectivity index (χ0n) is 11.3. The van der Waals surface area contributed by atoms with E-state index in [1.165, 1.54) is 12.1 Å². The summed E-state index contributed by atoms with van der Waals surface area (Å²) in [4.78, 5) is 10.0. The summed E-state index contributed by atoms with van der Waals surface area (Å²) in [6.07, 6.45) is 2.04. The Morgan fingerprint density at radius 2 is 2.24 bits per heavy atom. The van der Waals surface area contributed by atoms with Crippen LogP contribution in [0.25, 0.3) is 0 Å². The fourth-order valence-corrected chi connectivity index (χ4v) is 2.75. The van der Waals surface area contributed by atoms with E-state index in [-0.39, 0.29) is 16.6 Å². The van der Waals surface area contributed by atoms with Crippen LogP contribution in [0, 0.1) is 16.0 Å². The Bertz CT molecular complexity index is 626. The first-order chi connectivity index (χ1) is 9.88. The molecule has 1 saturated heterocycles. The van der Waals surface area contributed by atoms with Crippen LogP contribution in [-0.4, -0.2) is 33.0 Å². The third-order valence-corrected chi connectivity index (χ3v) is 4.24. The van der Waals surface area contributed by atoms with Gasteiger partial charge in [-0.05, 0) is 31.5 Å². The van der Waals surface area contributed by atoms with Crippen LogP contribution in [0.1, 0.15) is 12.8 Å². The summed E-state index contributed by atoms with van der Waals surface area (Å²) < 4.78 is 27.9. The van der Waals surface area contributed by atoms with E-state index in [0.29, 0.717) is 6.61 Å². The van der Waals surface area contributed by atoms with Gasteiger partial charge in [0.05, 0.1) is 16.4 Å². The molecule has 3 N–H and O–H groups in total. The Balaban J connectivity index is 2.16. The van der Waals surface area contributed by atoms with Crippen molar-refractivity contribution in [2.24, 2.45) is 11.1 Å². The third-order valence-electron chi connectivity index (χ3n) is 3.33. The Morgan fingerprint density at radius 3 is 2.81 bits per heavy atom. The van der Waals surface area contributed by atoms with Crippen molar-refractivity contribution in [1.82, 2.24) is 5.32 Å². The Morgan fingerprint density at radius 1 is 1.48 bits per heavy atom. The first kappa shape index (κ1) is 15.7. The number of sulfonamides is 1. The molecule has 0 amide bonds. The van der Waals surface area contributed by atoms with Gasteiger partial charge in [0.2, 0.25) is 10.0 Å². The molecule has 1 aliphatic rings. The molecule has 2 rings (SSSR count). The smallest absolute Gasteiger partial charge is 0.312 e. The normalized spacial score (nSPS) is 19.2. The molecule has 0 spiro atoms. The summed E-state index contributed by atoms with van der Waals surface area (Å²) >= 11 is 0. The number of nitrogens with zero attached hydrogens (tertiary/aromatic N) is 1. The number of hydrogen-bond donors (Lipinski definition) is 2. The van der Waals surface area contributed by atoms with Crippen molar-refractivity contribution in [3.63, 3.8) is 0 Å². The van der Waals surface area contributed by atoms with Gasteiger partial charge in [-0.3, -0.25) is 10.1 Å². The van der Waals surface area contributed by atoms with Crippen molar-refractivity contribution in [3.05, 3.63) is 28.3 Å². The molecule has 1 aliphatic heterocycles. The highest BCUT2D eigenvalue weighted by molar-refractivity contribution is 7.89. The zero-order valence-corrected chi connectivity index (χ0v) is 12.1. The van der Waals surface area contributed by atoms with Crippen LogP contribution < -0.4 is 15.2 Å². The molecule has 1 aromatic rings. The molecule has 0 saturated carbocycles. The van der Waals surface area contributed by atoms with E-state index >= 15 is 0 Å². The summed E-state index contributed by atoms with van der Waals surface area (Å²) in [5.74, 6) is 0.342. The highest BCUT2D eigenvalue weighted by Gasteiger charge is 2.21. The van der Waals surface area contributed by atoms with Gasteiger partial charge in [-0.15, -0.1) is 0 Å². The standard InChI is InChI=1S/C12H17N3O5S/c13-21(18,19)10-3-4-12(11(6-10)15(16)17)20-8-9-2-1-5-14-7-9/h3-4,6,9,14H,1-2,5,7-8H2,(H2,13,18,19). The summed E-state index contributed by atoms with van der Waals surface area (Å²) in [5.41, 5.74) is -0.398. The minimum Gasteiger partial charge on any atom is -0.486 e. The molecular weight excluding hydrogens is 298 g/mol. The molecule has 116 valence electrons. The predicted octanol–water partition coefficient (Wildman–Crippen LogP) is 0.621. The number of rotatable bonds is 5. The summed E-state index contributed by atoms with van der Waals surface area (Å²) in [7, 11) is -3.98. The Labute approximate surface area is 122 Å². The van der Waals surface area contributed by atoms with Gasteiger partial charge in [-0.25, -0.2) is 13.6 Å². The van der Waals surface area contributed by atoms with Crippen LogP contribution in [0.4, 0.5) is 5.69 Å². The first-order valence-corrected chi connectivity index (χ1v) is 8.07. The van der Waals surface area contributed by atoms with Gasteiger partial charge >= 0.3 is 5.69 Å². The highest BCUT2D eigenvalue weighted by Crippen LogP contribution is 2.30. The van der Waals surface area contributed by atoms with E-state index in [1.54, 1.807) is 0 Å². The number of ether oxygens (including phenoxy) is 1. The Kier molecular flexibility index (Phi) is 4.76. The van der Waals surface area contributed by atoms with Crippen LogP contribution in [0.5, 0.6) is 5.75 Å². The van der Waals surface area contributed by atoms with E-state index in [9.17, 15) is 18.5 Å². The van der Waals surface area contributed by atoms with E-state index in [0.717, 1.165) is 32.0 Å². The molecule has 1 unspecified atom stereocenters. The van der Waals surface area contributed by atoms with E-state index in [1.807, 2.05) is 0 Å². The number of primary sulfonamides is 1. The molecule has 1 aromatic carbocycles. The average Bonchev–Trinajstić information content (AvgIpc) is 2.45. The average molecular weight is 315 g/mol. The number of piperidine rings is 1. The number of benzene rings is 1. The quantitative estimate of drug-likeness (QED) is 0.606. The summed E-state index contributed by atoms with van der Waals surface area (Å²) in [6, 6.07) is 3.40. The van der Waals surface area contributed by atoms with Crippen molar-refractivity contribution in [2.45, 2.75) is 17.7 Å². The number of nitrogens with one attached hydrogen (secondary N) is 1. The van der Waals surface area contributed by atoms with Crippen LogP contribution >= 0.6 is 0 Å². The van der Waals surface area contributed by atoms with Gasteiger partial charge in [0, 0.05) is 18.5 Å². The summed E-state index contributed by atoms with van der Waals surface area (Å²) in [6.45, 7) is 2.13. The van der Waals surface area contributed by atoms with Crippen molar-refractivity contribution < 1.29 is 18.1 Å². The molecule has 0 bridgehead atoms. The van der Waals surface area contributed by atoms with Gasteiger partial charge in [-0.2, -0.15) is 0 Å². The zero-order chi connectivity index (χ0) is 15.5. The van der Waals surface area contributed by atoms with E-state index < -0.39 is 20.6 Å². The maximum Gasteiger partial charge on any atom is 0.312 e. The maximum atomic E-state index is 11.2. The second kappa shape index (κ2) is 6.37. The van der Waals surface area contributed by atoms with Crippen molar-refractivity contribution in [2.75, 3.05) is 19.7 Å². The first-order valence-electron chi connectivity index (χ1n) is 6.52. The lowest BCUT2D eigenvalue weighted by Crippen LogP contribution is -2.33. The lowest BCUT2D eigenvalue weighted by molar-refractivity contribution is -0.386. The molecular formula is C12H17N3O5S. The number of nitro benzene ring substituents is 1. The Hall–Kier alpha value is -1.71. The van der Waals surface area contributed by atoms with Gasteiger partial charge in [0.25, 0.3) is 0 Å². The molecule has 21 heavy (non-hydrogen) atoms. The second-order valence-corrected chi connectivity index (χ2v) is 6.52.